The van der Waals surface area contributed by atoms with Gasteiger partial charge in [-0.25, -0.2) is 4.98 Å². The number of anilines is 1. The zero-order chi connectivity index (χ0) is 21.3. The van der Waals surface area contributed by atoms with Crippen molar-refractivity contribution in [2.75, 3.05) is 11.9 Å². The van der Waals surface area contributed by atoms with Crippen LogP contribution in [-0.4, -0.2) is 17.5 Å². The van der Waals surface area contributed by atoms with Gasteiger partial charge in [-0.05, 0) is 96.4 Å². The Morgan fingerprint density at radius 2 is 1.90 bits per heavy atom. The Labute approximate surface area is 183 Å². The summed E-state index contributed by atoms with van der Waals surface area (Å²) in [6.07, 6.45) is 0. The van der Waals surface area contributed by atoms with E-state index in [-0.39, 0.29) is 5.91 Å². The Hall–Kier alpha value is -3.12. The zero-order valence-electron chi connectivity index (χ0n) is 17.0. The average molecular weight is 465 g/mol. The van der Waals surface area contributed by atoms with Crippen LogP contribution in [0.25, 0.3) is 22.6 Å². The molecule has 0 saturated heterocycles. The highest BCUT2D eigenvalue weighted by molar-refractivity contribution is 9.10. The van der Waals surface area contributed by atoms with Gasteiger partial charge in [-0.1, -0.05) is 6.07 Å². The number of amides is 1. The molecule has 5 nitrogen and oxygen atoms in total. The van der Waals surface area contributed by atoms with Gasteiger partial charge in [-0.2, -0.15) is 0 Å². The molecular formula is C24H21BrN2O3. The summed E-state index contributed by atoms with van der Waals surface area (Å²) in [4.78, 5) is 17.2. The molecule has 4 aromatic rings. The maximum absolute atomic E-state index is 12.7. The molecule has 1 heterocycles. The van der Waals surface area contributed by atoms with E-state index in [9.17, 15) is 4.79 Å². The van der Waals surface area contributed by atoms with Gasteiger partial charge in [0.2, 0.25) is 5.89 Å². The Balaban J connectivity index is 1.57. The van der Waals surface area contributed by atoms with E-state index in [0.29, 0.717) is 40.6 Å². The van der Waals surface area contributed by atoms with Crippen LogP contribution in [0.15, 0.2) is 63.5 Å². The third kappa shape index (κ3) is 4.09. The molecule has 6 heteroatoms. The predicted molar refractivity (Wildman–Crippen MR) is 122 cm³/mol. The van der Waals surface area contributed by atoms with Crippen LogP contribution in [0.2, 0.25) is 0 Å². The summed E-state index contributed by atoms with van der Waals surface area (Å²) in [6, 6.07) is 16.8. The first-order chi connectivity index (χ1) is 14.4. The van der Waals surface area contributed by atoms with E-state index in [0.717, 1.165) is 10.0 Å². The van der Waals surface area contributed by atoms with Gasteiger partial charge in [0.15, 0.2) is 5.58 Å². The van der Waals surface area contributed by atoms with Gasteiger partial charge < -0.3 is 14.5 Å². The molecular weight excluding hydrogens is 444 g/mol. The highest BCUT2D eigenvalue weighted by atomic mass is 79.9. The van der Waals surface area contributed by atoms with Gasteiger partial charge in [0, 0.05) is 16.8 Å². The molecule has 0 aliphatic heterocycles. The van der Waals surface area contributed by atoms with E-state index in [1.807, 2.05) is 25.1 Å². The second-order valence-electron chi connectivity index (χ2n) is 7.03. The van der Waals surface area contributed by atoms with Crippen molar-refractivity contribution in [2.45, 2.75) is 20.8 Å². The van der Waals surface area contributed by atoms with E-state index < -0.39 is 0 Å². The SMILES string of the molecule is CCOc1ccc(C(=O)Nc2ccc3oc(-c4ccc(C)c(C)c4)nc3c2)cc1Br. The first kappa shape index (κ1) is 20.2. The molecule has 0 saturated carbocycles. The van der Waals surface area contributed by atoms with Crippen LogP contribution >= 0.6 is 15.9 Å². The number of oxazole rings is 1. The van der Waals surface area contributed by atoms with Crippen LogP contribution < -0.4 is 10.1 Å². The monoisotopic (exact) mass is 464 g/mol. The Morgan fingerprint density at radius 3 is 2.63 bits per heavy atom. The minimum absolute atomic E-state index is 0.212. The van der Waals surface area contributed by atoms with Crippen LogP contribution in [-0.2, 0) is 0 Å². The van der Waals surface area contributed by atoms with E-state index in [1.165, 1.54) is 11.1 Å². The second-order valence-corrected chi connectivity index (χ2v) is 7.89. The number of aryl methyl sites for hydroxylation is 2. The van der Waals surface area contributed by atoms with Crippen molar-refractivity contribution in [3.63, 3.8) is 0 Å². The van der Waals surface area contributed by atoms with E-state index in [2.05, 4.69) is 52.2 Å². The van der Waals surface area contributed by atoms with Crippen molar-refractivity contribution in [1.82, 2.24) is 4.98 Å². The molecule has 0 spiro atoms. The van der Waals surface area contributed by atoms with Gasteiger partial charge in [0.05, 0.1) is 11.1 Å². The number of nitrogens with zero attached hydrogens (tertiary/aromatic N) is 1. The third-order valence-electron chi connectivity index (χ3n) is 4.89. The Bertz CT molecular complexity index is 1250. The first-order valence-corrected chi connectivity index (χ1v) is 10.5. The summed E-state index contributed by atoms with van der Waals surface area (Å²) in [5.41, 5.74) is 5.88. The lowest BCUT2D eigenvalue weighted by Crippen LogP contribution is -2.12. The fourth-order valence-electron chi connectivity index (χ4n) is 3.12. The van der Waals surface area contributed by atoms with Crippen LogP contribution in [0.5, 0.6) is 5.75 Å². The number of halogens is 1. The molecule has 4 rings (SSSR count). The van der Waals surface area contributed by atoms with Crippen molar-refractivity contribution in [3.05, 3.63) is 75.8 Å². The van der Waals surface area contributed by atoms with Crippen molar-refractivity contribution in [1.29, 1.82) is 0 Å². The van der Waals surface area contributed by atoms with Crippen LogP contribution in [0.3, 0.4) is 0 Å². The fourth-order valence-corrected chi connectivity index (χ4v) is 3.61. The van der Waals surface area contributed by atoms with E-state index in [4.69, 9.17) is 9.15 Å². The number of hydrogen-bond donors (Lipinski definition) is 1. The molecule has 152 valence electrons. The largest absolute Gasteiger partial charge is 0.493 e. The number of nitrogens with one attached hydrogen (secondary N) is 1. The fraction of sp³-hybridized carbons (Fsp3) is 0.167. The van der Waals surface area contributed by atoms with Crippen molar-refractivity contribution >= 4 is 38.6 Å². The number of rotatable bonds is 5. The molecule has 3 aromatic carbocycles. The Kier molecular flexibility index (Phi) is 5.59. The normalized spacial score (nSPS) is 10.9. The minimum atomic E-state index is -0.212. The predicted octanol–water partition coefficient (Wildman–Crippen LogP) is 6.53. The first-order valence-electron chi connectivity index (χ1n) is 9.66. The standard InChI is InChI=1S/C24H21BrN2O3/c1-4-29-21-9-7-16(12-19(21)25)23(28)26-18-8-10-22-20(13-18)27-24(30-22)17-6-5-14(2)15(3)11-17/h5-13H,4H2,1-3H3,(H,26,28). The quantitative estimate of drug-likeness (QED) is 0.364. The second kappa shape index (κ2) is 8.32. The molecule has 0 bridgehead atoms. The van der Waals surface area contributed by atoms with E-state index >= 15 is 0 Å². The maximum Gasteiger partial charge on any atom is 0.255 e. The molecule has 1 aromatic heterocycles. The summed E-state index contributed by atoms with van der Waals surface area (Å²) < 4.78 is 12.1. The molecule has 30 heavy (non-hydrogen) atoms. The van der Waals surface area contributed by atoms with Crippen molar-refractivity contribution in [2.24, 2.45) is 0 Å². The summed E-state index contributed by atoms with van der Waals surface area (Å²) in [6.45, 7) is 6.61. The Morgan fingerprint density at radius 1 is 1.07 bits per heavy atom. The molecule has 0 fully saturated rings. The van der Waals surface area contributed by atoms with Crippen molar-refractivity contribution in [3.8, 4) is 17.2 Å². The highest BCUT2D eigenvalue weighted by Crippen LogP contribution is 2.29. The number of ether oxygens (including phenoxy) is 1. The summed E-state index contributed by atoms with van der Waals surface area (Å²) in [5, 5.41) is 2.91. The molecule has 0 radical (unpaired) electrons. The number of aromatic nitrogens is 1. The third-order valence-corrected chi connectivity index (χ3v) is 5.51. The van der Waals surface area contributed by atoms with E-state index in [1.54, 1.807) is 24.3 Å². The highest BCUT2D eigenvalue weighted by Gasteiger charge is 2.13. The van der Waals surface area contributed by atoms with Gasteiger partial charge in [-0.15, -0.1) is 0 Å². The number of benzene rings is 3. The van der Waals surface area contributed by atoms with Gasteiger partial charge in [-0.3, -0.25) is 4.79 Å². The van der Waals surface area contributed by atoms with Crippen LogP contribution in [0, 0.1) is 13.8 Å². The lowest BCUT2D eigenvalue weighted by molar-refractivity contribution is 0.102. The molecule has 0 aliphatic carbocycles. The molecule has 1 N–H and O–H groups in total. The molecule has 0 aliphatic rings. The van der Waals surface area contributed by atoms with Crippen molar-refractivity contribution < 1.29 is 13.9 Å². The molecule has 0 atom stereocenters. The number of carbonyl (C=O) groups excluding carboxylic acids is 1. The molecule has 0 unspecified atom stereocenters. The van der Waals surface area contributed by atoms with Gasteiger partial charge >= 0.3 is 0 Å². The lowest BCUT2D eigenvalue weighted by atomic mass is 10.1. The van der Waals surface area contributed by atoms with Crippen LogP contribution in [0.4, 0.5) is 5.69 Å². The summed E-state index contributed by atoms with van der Waals surface area (Å²) in [7, 11) is 0. The summed E-state index contributed by atoms with van der Waals surface area (Å²) in [5.74, 6) is 1.06. The summed E-state index contributed by atoms with van der Waals surface area (Å²) >= 11 is 3.44. The zero-order valence-corrected chi connectivity index (χ0v) is 18.5. The minimum Gasteiger partial charge on any atom is -0.493 e. The lowest BCUT2D eigenvalue weighted by Gasteiger charge is -2.09. The maximum atomic E-state index is 12.7. The van der Waals surface area contributed by atoms with Gasteiger partial charge in [0.25, 0.3) is 5.91 Å². The number of fused-ring (bicyclic) bond motifs is 1. The van der Waals surface area contributed by atoms with Gasteiger partial charge in [0.1, 0.15) is 11.3 Å². The van der Waals surface area contributed by atoms with Crippen LogP contribution in [0.1, 0.15) is 28.4 Å². The average Bonchev–Trinajstić information content (AvgIpc) is 3.15. The topological polar surface area (TPSA) is 64.4 Å². The molecule has 1 amide bonds. The smallest absolute Gasteiger partial charge is 0.255 e. The number of hydrogen-bond acceptors (Lipinski definition) is 4. The number of carbonyl (C=O) groups is 1.